The van der Waals surface area contributed by atoms with Crippen LogP contribution in [0, 0.1) is 17.7 Å². The van der Waals surface area contributed by atoms with Gasteiger partial charge in [0.1, 0.15) is 5.82 Å². The summed E-state index contributed by atoms with van der Waals surface area (Å²) in [5.74, 6) is 5.61. The Morgan fingerprint density at radius 3 is 2.85 bits per heavy atom. The molecule has 0 aliphatic heterocycles. The molecule has 110 valence electrons. The molecule has 2 unspecified atom stereocenters. The number of carbonyl (C=O) groups excluding carboxylic acids is 1. The highest BCUT2D eigenvalue weighted by Gasteiger charge is 2.22. The lowest BCUT2D eigenvalue weighted by atomic mass is 9.80. The Kier molecular flexibility index (Phi) is 4.95. The van der Waals surface area contributed by atoms with Gasteiger partial charge in [-0.2, -0.15) is 0 Å². The van der Waals surface area contributed by atoms with E-state index in [1.165, 1.54) is 31.4 Å². The molecule has 20 heavy (non-hydrogen) atoms. The second-order valence-corrected chi connectivity index (χ2v) is 5.54. The summed E-state index contributed by atoms with van der Waals surface area (Å²) in [7, 11) is 0. The zero-order valence-electron chi connectivity index (χ0n) is 11.8. The first-order valence-electron chi connectivity index (χ1n) is 7.16. The van der Waals surface area contributed by atoms with Gasteiger partial charge >= 0.3 is 0 Å². The average molecular weight is 279 g/mol. The maximum Gasteiger partial charge on any atom is 0.253 e. The molecule has 1 aliphatic carbocycles. The van der Waals surface area contributed by atoms with Gasteiger partial charge in [0.15, 0.2) is 0 Å². The first kappa shape index (κ1) is 14.8. The summed E-state index contributed by atoms with van der Waals surface area (Å²) < 4.78 is 13.5. The number of hydrazine groups is 1. The number of para-hydroxylation sites is 1. The Morgan fingerprint density at radius 2 is 2.15 bits per heavy atom. The Morgan fingerprint density at radius 1 is 1.40 bits per heavy atom. The summed E-state index contributed by atoms with van der Waals surface area (Å²) in [5.41, 5.74) is 2.55. The van der Waals surface area contributed by atoms with Crippen molar-refractivity contribution in [2.75, 3.05) is 12.0 Å². The van der Waals surface area contributed by atoms with Crippen LogP contribution in [0.5, 0.6) is 0 Å². The molecule has 1 aromatic carbocycles. The molecule has 1 aromatic rings. The third-order valence-corrected chi connectivity index (χ3v) is 4.22. The van der Waals surface area contributed by atoms with Gasteiger partial charge in [0, 0.05) is 6.54 Å². The van der Waals surface area contributed by atoms with Gasteiger partial charge in [-0.3, -0.25) is 10.6 Å². The van der Waals surface area contributed by atoms with Crippen LogP contribution in [0.4, 0.5) is 10.1 Å². The van der Waals surface area contributed by atoms with Crippen molar-refractivity contribution in [3.8, 4) is 0 Å². The molecular formula is C15H22FN3O. The maximum absolute atomic E-state index is 13.5. The van der Waals surface area contributed by atoms with E-state index in [0.717, 1.165) is 6.42 Å². The number of carbonyl (C=O) groups is 1. The van der Waals surface area contributed by atoms with Crippen molar-refractivity contribution in [2.24, 2.45) is 17.7 Å². The normalized spacial score (nSPS) is 22.4. The largest absolute Gasteiger partial charge is 0.352 e. The number of nitrogen functional groups attached to an aromatic ring is 1. The highest BCUT2D eigenvalue weighted by molar-refractivity contribution is 5.99. The van der Waals surface area contributed by atoms with Crippen LogP contribution in [-0.2, 0) is 0 Å². The molecule has 0 radical (unpaired) electrons. The number of hydrogen-bond acceptors (Lipinski definition) is 3. The van der Waals surface area contributed by atoms with Gasteiger partial charge < -0.3 is 10.7 Å². The van der Waals surface area contributed by atoms with Crippen molar-refractivity contribution in [2.45, 2.75) is 32.6 Å². The standard InChI is InChI=1S/C15H22FN3O/c1-10-5-2-3-6-11(10)9-18-15(20)12-7-4-8-13(16)14(12)19-17/h4,7-8,10-11,19H,2-3,5-6,9,17H2,1H3,(H,18,20). The van der Waals surface area contributed by atoms with Gasteiger partial charge in [0.2, 0.25) is 0 Å². The van der Waals surface area contributed by atoms with E-state index in [-0.39, 0.29) is 17.2 Å². The fraction of sp³-hybridized carbons (Fsp3) is 0.533. The molecule has 0 aromatic heterocycles. The first-order chi connectivity index (χ1) is 9.63. The maximum atomic E-state index is 13.5. The molecule has 1 aliphatic rings. The number of nitrogens with one attached hydrogen (secondary N) is 2. The number of anilines is 1. The molecular weight excluding hydrogens is 257 g/mol. The van der Waals surface area contributed by atoms with Gasteiger partial charge in [-0.25, -0.2) is 4.39 Å². The zero-order valence-corrected chi connectivity index (χ0v) is 11.8. The predicted molar refractivity (Wildman–Crippen MR) is 77.7 cm³/mol. The first-order valence-corrected chi connectivity index (χ1v) is 7.16. The van der Waals surface area contributed by atoms with E-state index >= 15 is 0 Å². The molecule has 0 saturated heterocycles. The minimum absolute atomic E-state index is 0.0432. The zero-order chi connectivity index (χ0) is 14.5. The summed E-state index contributed by atoms with van der Waals surface area (Å²) >= 11 is 0. The van der Waals surface area contributed by atoms with E-state index < -0.39 is 5.82 Å². The fourth-order valence-corrected chi connectivity index (χ4v) is 2.88. The number of benzene rings is 1. The number of hydrogen-bond donors (Lipinski definition) is 3. The molecule has 0 spiro atoms. The van der Waals surface area contributed by atoms with Crippen molar-refractivity contribution < 1.29 is 9.18 Å². The van der Waals surface area contributed by atoms with Crippen LogP contribution in [0.3, 0.4) is 0 Å². The van der Waals surface area contributed by atoms with E-state index in [1.807, 2.05) is 0 Å². The van der Waals surface area contributed by atoms with Gasteiger partial charge in [-0.05, 0) is 30.4 Å². The Bertz CT molecular complexity index is 478. The summed E-state index contributed by atoms with van der Waals surface area (Å²) in [6.45, 7) is 2.87. The lowest BCUT2D eigenvalue weighted by molar-refractivity contribution is 0.0937. The van der Waals surface area contributed by atoms with Gasteiger partial charge in [0.25, 0.3) is 5.91 Å². The van der Waals surface area contributed by atoms with E-state index in [0.29, 0.717) is 18.4 Å². The fourth-order valence-electron chi connectivity index (χ4n) is 2.88. The lowest BCUT2D eigenvalue weighted by Crippen LogP contribution is -2.34. The highest BCUT2D eigenvalue weighted by Crippen LogP contribution is 2.29. The molecule has 0 heterocycles. The summed E-state index contributed by atoms with van der Waals surface area (Å²) in [6.07, 6.45) is 4.86. The molecule has 1 saturated carbocycles. The summed E-state index contributed by atoms with van der Waals surface area (Å²) in [6, 6.07) is 4.35. The molecule has 1 amide bonds. The number of amides is 1. The number of nitrogens with two attached hydrogens (primary N) is 1. The molecule has 0 bridgehead atoms. The number of rotatable bonds is 4. The summed E-state index contributed by atoms with van der Waals surface area (Å²) in [4.78, 5) is 12.2. The van der Waals surface area contributed by atoms with Gasteiger partial charge in [-0.1, -0.05) is 32.3 Å². The van der Waals surface area contributed by atoms with Crippen LogP contribution in [0.2, 0.25) is 0 Å². The smallest absolute Gasteiger partial charge is 0.253 e. The van der Waals surface area contributed by atoms with E-state index in [4.69, 9.17) is 5.84 Å². The lowest BCUT2D eigenvalue weighted by Gasteiger charge is -2.28. The van der Waals surface area contributed by atoms with Crippen LogP contribution < -0.4 is 16.6 Å². The van der Waals surface area contributed by atoms with Crippen molar-refractivity contribution in [3.05, 3.63) is 29.6 Å². The van der Waals surface area contributed by atoms with Crippen LogP contribution in [0.1, 0.15) is 43.0 Å². The predicted octanol–water partition coefficient (Wildman–Crippen LogP) is 2.67. The third-order valence-electron chi connectivity index (χ3n) is 4.22. The van der Waals surface area contributed by atoms with Crippen LogP contribution in [0.15, 0.2) is 18.2 Å². The van der Waals surface area contributed by atoms with Crippen molar-refractivity contribution in [1.29, 1.82) is 0 Å². The molecule has 5 heteroatoms. The van der Waals surface area contributed by atoms with Crippen LogP contribution in [-0.4, -0.2) is 12.5 Å². The van der Waals surface area contributed by atoms with E-state index in [1.54, 1.807) is 6.07 Å². The minimum Gasteiger partial charge on any atom is -0.352 e. The number of halogens is 1. The Hall–Kier alpha value is -1.62. The summed E-state index contributed by atoms with van der Waals surface area (Å²) in [5, 5.41) is 2.90. The quantitative estimate of drug-likeness (QED) is 0.586. The monoisotopic (exact) mass is 279 g/mol. The minimum atomic E-state index is -0.522. The molecule has 4 nitrogen and oxygen atoms in total. The van der Waals surface area contributed by atoms with E-state index in [9.17, 15) is 9.18 Å². The average Bonchev–Trinajstić information content (AvgIpc) is 2.46. The van der Waals surface area contributed by atoms with Crippen molar-refractivity contribution >= 4 is 11.6 Å². The van der Waals surface area contributed by atoms with Crippen molar-refractivity contribution in [3.63, 3.8) is 0 Å². The molecule has 1 fully saturated rings. The Labute approximate surface area is 118 Å². The third kappa shape index (κ3) is 3.28. The van der Waals surface area contributed by atoms with E-state index in [2.05, 4.69) is 17.7 Å². The topological polar surface area (TPSA) is 67.2 Å². The second-order valence-electron chi connectivity index (χ2n) is 5.54. The highest BCUT2D eigenvalue weighted by atomic mass is 19.1. The second kappa shape index (κ2) is 6.70. The van der Waals surface area contributed by atoms with Crippen LogP contribution in [0.25, 0.3) is 0 Å². The molecule has 2 atom stereocenters. The Balaban J connectivity index is 2.00. The van der Waals surface area contributed by atoms with Crippen LogP contribution >= 0.6 is 0 Å². The van der Waals surface area contributed by atoms with Crippen molar-refractivity contribution in [1.82, 2.24) is 5.32 Å². The van der Waals surface area contributed by atoms with Gasteiger partial charge in [-0.15, -0.1) is 0 Å². The SMILES string of the molecule is CC1CCCCC1CNC(=O)c1cccc(F)c1NN. The molecule has 2 rings (SSSR count). The van der Waals surface area contributed by atoms with Gasteiger partial charge in [0.05, 0.1) is 11.3 Å². The molecule has 4 N–H and O–H groups in total.